The molecular weight excluding hydrogens is 550 g/mol. The van der Waals surface area contributed by atoms with Crippen LogP contribution in [0.1, 0.15) is 11.1 Å². The molecule has 10 heteroatoms. The summed E-state index contributed by atoms with van der Waals surface area (Å²) in [6.07, 6.45) is 4.20. The number of nitrogens with zero attached hydrogens (tertiary/aromatic N) is 3. The Bertz CT molecular complexity index is 1460. The Morgan fingerprint density at radius 3 is 2.27 bits per heavy atom. The first kappa shape index (κ1) is 29.5. The lowest BCUT2D eigenvalue weighted by atomic mass is 10.2. The van der Waals surface area contributed by atoms with Gasteiger partial charge in [0.15, 0.2) is 0 Å². The Morgan fingerprint density at radius 2 is 1.62 bits per heavy atom. The lowest BCUT2D eigenvalue weighted by molar-refractivity contribution is -0.131. The van der Waals surface area contributed by atoms with Gasteiger partial charge in [0, 0.05) is 32.7 Å². The molecule has 0 unspecified atom stereocenters. The summed E-state index contributed by atoms with van der Waals surface area (Å²) >= 11 is 6.36. The van der Waals surface area contributed by atoms with Gasteiger partial charge >= 0.3 is 0 Å². The number of anilines is 1. The molecule has 40 heavy (non-hydrogen) atoms. The van der Waals surface area contributed by atoms with E-state index in [1.54, 1.807) is 42.2 Å². The molecule has 1 heterocycles. The van der Waals surface area contributed by atoms with Crippen molar-refractivity contribution in [2.45, 2.75) is 11.8 Å². The highest BCUT2D eigenvalue weighted by atomic mass is 35.5. The SMILES string of the molecule is COc1ccc(N(CC(=O)N2CCN(C/C=C/c3ccccc3)CC2)S(=O)(=O)c2cc(C)ccc2OC)cc1Cl. The van der Waals surface area contributed by atoms with Crippen LogP contribution in [0.3, 0.4) is 0 Å². The molecule has 1 fully saturated rings. The summed E-state index contributed by atoms with van der Waals surface area (Å²) in [6.45, 7) is 4.58. The zero-order valence-corrected chi connectivity index (χ0v) is 24.5. The fraction of sp³-hybridized carbons (Fsp3) is 0.300. The van der Waals surface area contributed by atoms with Gasteiger partial charge in [0.2, 0.25) is 5.91 Å². The molecule has 0 atom stereocenters. The van der Waals surface area contributed by atoms with Crippen molar-refractivity contribution < 1.29 is 22.7 Å². The molecule has 0 spiro atoms. The normalized spacial score (nSPS) is 14.3. The third kappa shape index (κ3) is 6.96. The second kappa shape index (κ2) is 13.2. The molecule has 3 aromatic rings. The third-order valence-electron chi connectivity index (χ3n) is 6.79. The van der Waals surface area contributed by atoms with Crippen LogP contribution < -0.4 is 13.8 Å². The van der Waals surface area contributed by atoms with Crippen molar-refractivity contribution in [3.63, 3.8) is 0 Å². The summed E-state index contributed by atoms with van der Waals surface area (Å²) in [4.78, 5) is 17.4. The van der Waals surface area contributed by atoms with Gasteiger partial charge in [-0.05, 0) is 48.4 Å². The maximum atomic E-state index is 14.0. The molecule has 1 aliphatic heterocycles. The molecular formula is C30H34ClN3O5S. The summed E-state index contributed by atoms with van der Waals surface area (Å²) < 4.78 is 39.7. The fourth-order valence-electron chi connectivity index (χ4n) is 4.53. The van der Waals surface area contributed by atoms with Crippen LogP contribution in [0.25, 0.3) is 6.08 Å². The number of halogens is 1. The number of hydrogen-bond donors (Lipinski definition) is 0. The molecule has 0 aliphatic carbocycles. The van der Waals surface area contributed by atoms with Crippen LogP contribution in [0.15, 0.2) is 77.7 Å². The first-order valence-corrected chi connectivity index (χ1v) is 14.8. The van der Waals surface area contributed by atoms with Gasteiger partial charge in [0.05, 0.1) is 24.9 Å². The number of ether oxygens (including phenoxy) is 2. The first-order chi connectivity index (χ1) is 19.2. The number of carbonyl (C=O) groups excluding carboxylic acids is 1. The molecule has 1 amide bonds. The zero-order chi connectivity index (χ0) is 28.7. The van der Waals surface area contributed by atoms with E-state index in [0.717, 1.165) is 22.0 Å². The molecule has 212 valence electrons. The maximum Gasteiger partial charge on any atom is 0.268 e. The van der Waals surface area contributed by atoms with Crippen LogP contribution in [-0.2, 0) is 14.8 Å². The van der Waals surface area contributed by atoms with Gasteiger partial charge in [-0.25, -0.2) is 8.42 Å². The lowest BCUT2D eigenvalue weighted by Gasteiger charge is -2.35. The van der Waals surface area contributed by atoms with Gasteiger partial charge < -0.3 is 14.4 Å². The largest absolute Gasteiger partial charge is 0.495 e. The molecule has 0 aromatic heterocycles. The monoisotopic (exact) mass is 583 g/mol. The summed E-state index contributed by atoms with van der Waals surface area (Å²) in [6, 6.07) is 19.7. The second-order valence-electron chi connectivity index (χ2n) is 9.48. The highest BCUT2D eigenvalue weighted by Gasteiger charge is 2.32. The minimum absolute atomic E-state index is 0.0234. The Kier molecular flexibility index (Phi) is 9.73. The first-order valence-electron chi connectivity index (χ1n) is 13.0. The Balaban J connectivity index is 1.52. The Labute approximate surface area is 241 Å². The lowest BCUT2D eigenvalue weighted by Crippen LogP contribution is -2.51. The van der Waals surface area contributed by atoms with Crippen LogP contribution >= 0.6 is 11.6 Å². The van der Waals surface area contributed by atoms with Crippen molar-refractivity contribution in [3.8, 4) is 11.5 Å². The Morgan fingerprint density at radius 1 is 0.950 bits per heavy atom. The Hall–Kier alpha value is -3.53. The molecule has 0 radical (unpaired) electrons. The number of amides is 1. The molecule has 1 saturated heterocycles. The van der Waals surface area contributed by atoms with Gasteiger partial charge in [-0.1, -0.05) is 60.2 Å². The third-order valence-corrected chi connectivity index (χ3v) is 8.88. The van der Waals surface area contributed by atoms with Crippen molar-refractivity contribution in [2.75, 3.05) is 57.8 Å². The number of carbonyl (C=O) groups is 1. The summed E-state index contributed by atoms with van der Waals surface area (Å²) in [5.74, 6) is 0.307. The van der Waals surface area contributed by atoms with Crippen LogP contribution in [0.2, 0.25) is 5.02 Å². The van der Waals surface area contributed by atoms with E-state index in [0.29, 0.717) is 31.9 Å². The molecule has 4 rings (SSSR count). The summed E-state index contributed by atoms with van der Waals surface area (Å²) in [7, 11) is -1.30. The van der Waals surface area contributed by atoms with Crippen molar-refractivity contribution in [1.82, 2.24) is 9.80 Å². The number of sulfonamides is 1. The second-order valence-corrected chi connectivity index (χ2v) is 11.7. The van der Waals surface area contributed by atoms with E-state index >= 15 is 0 Å². The topological polar surface area (TPSA) is 79.4 Å². The maximum absolute atomic E-state index is 14.0. The van der Waals surface area contributed by atoms with Crippen LogP contribution in [-0.4, -0.2) is 77.6 Å². The van der Waals surface area contributed by atoms with Crippen molar-refractivity contribution in [2.24, 2.45) is 0 Å². The standard InChI is InChI=1S/C30H34ClN3O5S/c1-23-11-13-28(39-3)29(20-23)40(36,37)34(25-12-14-27(38-2)26(31)21-25)22-30(35)33-18-16-32(17-19-33)15-7-10-24-8-5-4-6-9-24/h4-14,20-21H,15-19,22H2,1-3H3/b10-7+. The van der Waals surface area contributed by atoms with Gasteiger partial charge in [-0.2, -0.15) is 0 Å². The quantitative estimate of drug-likeness (QED) is 0.344. The number of hydrogen-bond acceptors (Lipinski definition) is 6. The number of aryl methyl sites for hydroxylation is 1. The number of benzene rings is 3. The van der Waals surface area contributed by atoms with E-state index in [9.17, 15) is 13.2 Å². The minimum Gasteiger partial charge on any atom is -0.495 e. The molecule has 0 bridgehead atoms. The van der Waals surface area contributed by atoms with Crippen molar-refractivity contribution in [3.05, 3.63) is 89.0 Å². The van der Waals surface area contributed by atoms with Crippen LogP contribution in [0.5, 0.6) is 11.5 Å². The number of piperazine rings is 1. The molecule has 1 aliphatic rings. The smallest absolute Gasteiger partial charge is 0.268 e. The van der Waals surface area contributed by atoms with E-state index in [2.05, 4.69) is 29.2 Å². The molecule has 0 N–H and O–H groups in total. The van der Waals surface area contributed by atoms with E-state index in [1.165, 1.54) is 20.3 Å². The molecule has 3 aromatic carbocycles. The summed E-state index contributed by atoms with van der Waals surface area (Å²) in [5, 5.41) is 0.237. The highest BCUT2D eigenvalue weighted by Crippen LogP contribution is 2.34. The molecule has 0 saturated carbocycles. The van der Waals surface area contributed by atoms with Gasteiger partial charge in [0.25, 0.3) is 10.0 Å². The minimum atomic E-state index is -4.20. The van der Waals surface area contributed by atoms with E-state index in [-0.39, 0.29) is 33.8 Å². The summed E-state index contributed by atoms with van der Waals surface area (Å²) in [5.41, 5.74) is 2.14. The number of methoxy groups -OCH3 is 2. The van der Waals surface area contributed by atoms with Gasteiger partial charge in [-0.15, -0.1) is 0 Å². The zero-order valence-electron chi connectivity index (χ0n) is 22.9. The predicted molar refractivity (Wildman–Crippen MR) is 159 cm³/mol. The van der Waals surface area contributed by atoms with Gasteiger partial charge in [-0.3, -0.25) is 14.0 Å². The van der Waals surface area contributed by atoms with E-state index in [4.69, 9.17) is 21.1 Å². The average molecular weight is 584 g/mol. The van der Waals surface area contributed by atoms with Crippen molar-refractivity contribution in [1.29, 1.82) is 0 Å². The fourth-order valence-corrected chi connectivity index (χ4v) is 6.44. The number of rotatable bonds is 10. The highest BCUT2D eigenvalue weighted by molar-refractivity contribution is 7.93. The van der Waals surface area contributed by atoms with Gasteiger partial charge in [0.1, 0.15) is 22.9 Å². The predicted octanol–water partition coefficient (Wildman–Crippen LogP) is 4.72. The van der Waals surface area contributed by atoms with Crippen LogP contribution in [0, 0.1) is 6.92 Å². The van der Waals surface area contributed by atoms with E-state index < -0.39 is 10.0 Å². The van der Waals surface area contributed by atoms with Crippen molar-refractivity contribution >= 4 is 39.3 Å². The average Bonchev–Trinajstić information content (AvgIpc) is 2.96. The molecule has 8 nitrogen and oxygen atoms in total. The van der Waals surface area contributed by atoms with Crippen LogP contribution in [0.4, 0.5) is 5.69 Å². The van der Waals surface area contributed by atoms with E-state index in [1.807, 2.05) is 18.2 Å².